The van der Waals surface area contributed by atoms with E-state index in [4.69, 9.17) is 4.42 Å². The number of thiazole rings is 1. The average Bonchev–Trinajstić information content (AvgIpc) is 3.33. The van der Waals surface area contributed by atoms with Crippen molar-refractivity contribution in [3.63, 3.8) is 0 Å². The number of aromatic nitrogens is 3. The van der Waals surface area contributed by atoms with Crippen molar-refractivity contribution in [2.75, 3.05) is 11.1 Å². The Morgan fingerprint density at radius 2 is 1.93 bits per heavy atom. The van der Waals surface area contributed by atoms with Crippen LogP contribution in [0.1, 0.15) is 16.5 Å². The van der Waals surface area contributed by atoms with Crippen LogP contribution in [0.25, 0.3) is 10.2 Å². The number of anilines is 1. The summed E-state index contributed by atoms with van der Waals surface area (Å²) >= 11 is 2.91. The molecule has 0 aliphatic rings. The highest BCUT2D eigenvalue weighted by Gasteiger charge is 2.11. The lowest BCUT2D eigenvalue weighted by atomic mass is 10.2. The van der Waals surface area contributed by atoms with Crippen molar-refractivity contribution in [2.45, 2.75) is 25.0 Å². The molecule has 4 aromatic rings. The number of benzene rings is 2. The molecule has 0 atom stereocenters. The summed E-state index contributed by atoms with van der Waals surface area (Å²) in [5.74, 6) is 0.664. The smallest absolute Gasteiger partial charge is 0.277 e. The number of nitrogens with one attached hydrogen (secondary N) is 1. The molecule has 28 heavy (non-hydrogen) atoms. The van der Waals surface area contributed by atoms with Crippen LogP contribution in [0.15, 0.2) is 58.2 Å². The van der Waals surface area contributed by atoms with E-state index in [0.717, 1.165) is 28.2 Å². The quantitative estimate of drug-likeness (QED) is 0.452. The van der Waals surface area contributed by atoms with Gasteiger partial charge in [-0.15, -0.1) is 21.5 Å². The fourth-order valence-electron chi connectivity index (χ4n) is 2.60. The topological polar surface area (TPSA) is 80.9 Å². The molecule has 0 saturated heterocycles. The Morgan fingerprint density at radius 1 is 1.11 bits per heavy atom. The highest BCUT2D eigenvalue weighted by atomic mass is 32.2. The van der Waals surface area contributed by atoms with Gasteiger partial charge in [-0.2, -0.15) is 0 Å². The molecule has 6 nitrogen and oxygen atoms in total. The molecular formula is C20H18N4O2S2. The summed E-state index contributed by atoms with van der Waals surface area (Å²) in [5.41, 5.74) is 2.94. The number of hydrogen-bond donors (Lipinski definition) is 1. The minimum atomic E-state index is -0.108. The molecule has 0 fully saturated rings. The molecule has 2 heterocycles. The van der Waals surface area contributed by atoms with Crippen molar-refractivity contribution < 1.29 is 9.21 Å². The summed E-state index contributed by atoms with van der Waals surface area (Å²) in [6, 6.07) is 15.8. The molecule has 8 heteroatoms. The molecule has 0 bridgehead atoms. The molecule has 4 rings (SSSR count). The van der Waals surface area contributed by atoms with Crippen LogP contribution < -0.4 is 5.32 Å². The zero-order valence-electron chi connectivity index (χ0n) is 15.2. The Bertz CT molecular complexity index is 1060. The van der Waals surface area contributed by atoms with Gasteiger partial charge in [-0.1, -0.05) is 41.6 Å². The molecule has 2 aromatic carbocycles. The predicted molar refractivity (Wildman–Crippen MR) is 112 cm³/mol. The number of carbonyl (C=O) groups is 1. The standard InChI is InChI=1S/C20H18N4O2S2/c1-13-6-8-14(9-7-13)21-17(25)12-27-20-24-23-18(26-20)10-11-19-22-15-4-2-3-5-16(15)28-19/h2-9H,10-12H2,1H3,(H,21,25). The third-order valence-corrected chi connectivity index (χ3v) is 5.92. The molecule has 0 radical (unpaired) electrons. The number of hydrogen-bond acceptors (Lipinski definition) is 7. The molecule has 1 amide bonds. The van der Waals surface area contributed by atoms with Crippen molar-refractivity contribution in [3.8, 4) is 0 Å². The molecule has 0 unspecified atom stereocenters. The van der Waals surface area contributed by atoms with Gasteiger partial charge < -0.3 is 9.73 Å². The predicted octanol–water partition coefficient (Wildman–Crippen LogP) is 4.50. The molecule has 0 saturated carbocycles. The van der Waals surface area contributed by atoms with Gasteiger partial charge in [0.05, 0.1) is 21.0 Å². The van der Waals surface area contributed by atoms with E-state index >= 15 is 0 Å². The normalized spacial score (nSPS) is 11.0. The van der Waals surface area contributed by atoms with E-state index in [1.807, 2.05) is 49.4 Å². The first-order chi connectivity index (χ1) is 13.7. The molecular weight excluding hydrogens is 392 g/mol. The summed E-state index contributed by atoms with van der Waals surface area (Å²) in [7, 11) is 0. The van der Waals surface area contributed by atoms with E-state index in [9.17, 15) is 4.79 Å². The summed E-state index contributed by atoms with van der Waals surface area (Å²) in [4.78, 5) is 16.7. The number of aryl methyl sites for hydroxylation is 3. The van der Waals surface area contributed by atoms with Crippen molar-refractivity contribution in [3.05, 3.63) is 65.0 Å². The van der Waals surface area contributed by atoms with Crippen LogP contribution in [0.5, 0.6) is 0 Å². The van der Waals surface area contributed by atoms with Crippen LogP contribution in [-0.2, 0) is 17.6 Å². The third-order valence-electron chi connectivity index (χ3n) is 4.00. The van der Waals surface area contributed by atoms with E-state index in [2.05, 4.69) is 26.6 Å². The second kappa shape index (κ2) is 8.53. The van der Waals surface area contributed by atoms with Gasteiger partial charge in [0.1, 0.15) is 0 Å². The van der Waals surface area contributed by atoms with Gasteiger partial charge >= 0.3 is 0 Å². The molecule has 0 aliphatic carbocycles. The second-order valence-electron chi connectivity index (χ2n) is 6.24. The highest BCUT2D eigenvalue weighted by molar-refractivity contribution is 7.99. The SMILES string of the molecule is Cc1ccc(NC(=O)CSc2nnc(CCc3nc4ccccc4s3)o2)cc1. The highest BCUT2D eigenvalue weighted by Crippen LogP contribution is 2.23. The van der Waals surface area contributed by atoms with E-state index < -0.39 is 0 Å². The fourth-order valence-corrected chi connectivity index (χ4v) is 4.15. The average molecular weight is 411 g/mol. The Balaban J connectivity index is 1.26. The number of nitrogens with zero attached hydrogens (tertiary/aromatic N) is 3. The van der Waals surface area contributed by atoms with Crippen LogP contribution in [0.3, 0.4) is 0 Å². The number of rotatable bonds is 7. The van der Waals surface area contributed by atoms with Crippen LogP contribution in [0, 0.1) is 6.92 Å². The number of amides is 1. The van der Waals surface area contributed by atoms with Gasteiger partial charge in [-0.3, -0.25) is 4.79 Å². The molecule has 0 aliphatic heterocycles. The van der Waals surface area contributed by atoms with Crippen LogP contribution in [0.2, 0.25) is 0 Å². The van der Waals surface area contributed by atoms with Crippen LogP contribution in [-0.4, -0.2) is 26.8 Å². The lowest BCUT2D eigenvalue weighted by Crippen LogP contribution is -2.13. The van der Waals surface area contributed by atoms with Crippen LogP contribution >= 0.6 is 23.1 Å². The minimum Gasteiger partial charge on any atom is -0.416 e. The first-order valence-corrected chi connectivity index (χ1v) is 10.6. The number of para-hydroxylation sites is 1. The van der Waals surface area contributed by atoms with Gasteiger partial charge in [-0.05, 0) is 31.2 Å². The lowest BCUT2D eigenvalue weighted by molar-refractivity contribution is -0.113. The molecule has 0 spiro atoms. The van der Waals surface area contributed by atoms with Gasteiger partial charge in [0.25, 0.3) is 5.22 Å². The Hall–Kier alpha value is -2.71. The summed E-state index contributed by atoms with van der Waals surface area (Å²) < 4.78 is 6.81. The van der Waals surface area contributed by atoms with Crippen LogP contribution in [0.4, 0.5) is 5.69 Å². The number of thioether (sulfide) groups is 1. The first-order valence-electron chi connectivity index (χ1n) is 8.82. The summed E-state index contributed by atoms with van der Waals surface area (Å²) in [6.07, 6.45) is 1.38. The lowest BCUT2D eigenvalue weighted by Gasteiger charge is -2.03. The van der Waals surface area contributed by atoms with E-state index in [1.54, 1.807) is 11.3 Å². The maximum Gasteiger partial charge on any atom is 0.277 e. The van der Waals surface area contributed by atoms with E-state index in [-0.39, 0.29) is 11.7 Å². The summed E-state index contributed by atoms with van der Waals surface area (Å²) in [5, 5.41) is 12.4. The van der Waals surface area contributed by atoms with Crippen molar-refractivity contribution in [1.29, 1.82) is 0 Å². The third kappa shape index (κ3) is 4.76. The van der Waals surface area contributed by atoms with Gasteiger partial charge in [-0.25, -0.2) is 4.98 Å². The monoisotopic (exact) mass is 410 g/mol. The minimum absolute atomic E-state index is 0.108. The van der Waals surface area contributed by atoms with Gasteiger partial charge in [0.15, 0.2) is 0 Å². The zero-order chi connectivity index (χ0) is 19.3. The second-order valence-corrected chi connectivity index (χ2v) is 8.28. The molecule has 142 valence electrons. The largest absolute Gasteiger partial charge is 0.416 e. The Labute approximate surface area is 170 Å². The summed E-state index contributed by atoms with van der Waals surface area (Å²) in [6.45, 7) is 2.01. The van der Waals surface area contributed by atoms with E-state index in [1.165, 1.54) is 16.5 Å². The molecule has 2 aromatic heterocycles. The maximum atomic E-state index is 12.0. The Kier molecular flexibility index (Phi) is 5.68. The molecule has 1 N–H and O–H groups in total. The first kappa shape index (κ1) is 18.6. The Morgan fingerprint density at radius 3 is 2.75 bits per heavy atom. The van der Waals surface area contributed by atoms with Gasteiger partial charge in [0, 0.05) is 18.5 Å². The van der Waals surface area contributed by atoms with E-state index in [0.29, 0.717) is 17.5 Å². The van der Waals surface area contributed by atoms with Crippen molar-refractivity contribution in [1.82, 2.24) is 15.2 Å². The number of carbonyl (C=O) groups excluding carboxylic acids is 1. The maximum absolute atomic E-state index is 12.0. The fraction of sp³-hybridized carbons (Fsp3) is 0.200. The van der Waals surface area contributed by atoms with Crippen molar-refractivity contribution in [2.24, 2.45) is 0 Å². The number of fused-ring (bicyclic) bond motifs is 1. The van der Waals surface area contributed by atoms with Crippen molar-refractivity contribution >= 4 is 44.9 Å². The zero-order valence-corrected chi connectivity index (χ0v) is 16.8. The van der Waals surface area contributed by atoms with Gasteiger partial charge in [0.2, 0.25) is 11.8 Å².